The molecule has 1 aliphatic rings. The largest absolute Gasteiger partial charge is 0.384 e. The summed E-state index contributed by atoms with van der Waals surface area (Å²) in [6, 6.07) is 5.23. The summed E-state index contributed by atoms with van der Waals surface area (Å²) in [4.78, 5) is 0.330. The lowest BCUT2D eigenvalue weighted by atomic mass is 10.2. The minimum absolute atomic E-state index is 0.330. The number of nitrogens with zero attached hydrogens (tertiary/aromatic N) is 2. The number of benzene rings is 1. The molecule has 1 aromatic carbocycles. The van der Waals surface area contributed by atoms with Crippen LogP contribution in [0.15, 0.2) is 35.5 Å². The number of nitrogens with one attached hydrogen (secondary N) is 2. The predicted octanol–water partition coefficient (Wildman–Crippen LogP) is 0.909. The number of aromatic nitrogens is 2. The van der Waals surface area contributed by atoms with Crippen LogP contribution in [0.2, 0.25) is 0 Å². The summed E-state index contributed by atoms with van der Waals surface area (Å²) in [5.41, 5.74) is 3.10. The lowest BCUT2D eigenvalue weighted by Gasteiger charge is -2.08. The van der Waals surface area contributed by atoms with Crippen molar-refractivity contribution in [3.8, 4) is 0 Å². The smallest absolute Gasteiger partial charge is 0.240 e. The molecule has 6 nitrogen and oxygen atoms in total. The van der Waals surface area contributed by atoms with E-state index < -0.39 is 10.0 Å². The van der Waals surface area contributed by atoms with Gasteiger partial charge in [0.05, 0.1) is 11.1 Å². The highest BCUT2D eigenvalue weighted by Gasteiger charge is 2.17. The van der Waals surface area contributed by atoms with E-state index >= 15 is 0 Å². The first-order valence-corrected chi connectivity index (χ1v) is 8.37. The van der Waals surface area contributed by atoms with Gasteiger partial charge in [0.25, 0.3) is 0 Å². The van der Waals surface area contributed by atoms with Gasteiger partial charge in [-0.3, -0.25) is 4.68 Å². The van der Waals surface area contributed by atoms with E-state index in [1.165, 1.54) is 0 Å². The highest BCUT2D eigenvalue weighted by atomic mass is 32.2. The quantitative estimate of drug-likeness (QED) is 0.861. The summed E-state index contributed by atoms with van der Waals surface area (Å²) in [7, 11) is -1.61. The Morgan fingerprint density at radius 1 is 1.43 bits per heavy atom. The number of anilines is 1. The van der Waals surface area contributed by atoms with Crippen LogP contribution in [0.5, 0.6) is 0 Å². The Hall–Kier alpha value is -1.86. The first kappa shape index (κ1) is 14.1. The maximum atomic E-state index is 12.3. The molecular formula is C14H18N4O2S. The molecule has 0 saturated carbocycles. The predicted molar refractivity (Wildman–Crippen MR) is 80.7 cm³/mol. The van der Waals surface area contributed by atoms with Crippen LogP contribution >= 0.6 is 0 Å². The van der Waals surface area contributed by atoms with Crippen molar-refractivity contribution in [1.29, 1.82) is 0 Å². The van der Waals surface area contributed by atoms with Crippen molar-refractivity contribution in [1.82, 2.24) is 14.5 Å². The third-order valence-corrected chi connectivity index (χ3v) is 5.02. The average molecular weight is 306 g/mol. The highest BCUT2D eigenvalue weighted by Crippen LogP contribution is 2.24. The van der Waals surface area contributed by atoms with E-state index in [0.29, 0.717) is 17.9 Å². The topological polar surface area (TPSA) is 76.0 Å². The van der Waals surface area contributed by atoms with E-state index in [0.717, 1.165) is 29.8 Å². The van der Waals surface area contributed by atoms with Crippen LogP contribution in [-0.4, -0.2) is 31.3 Å². The molecule has 0 aliphatic carbocycles. The van der Waals surface area contributed by atoms with Crippen LogP contribution in [0.1, 0.15) is 11.1 Å². The van der Waals surface area contributed by atoms with Crippen molar-refractivity contribution in [2.24, 2.45) is 7.05 Å². The van der Waals surface area contributed by atoms with E-state index in [4.69, 9.17) is 0 Å². The van der Waals surface area contributed by atoms with Gasteiger partial charge < -0.3 is 5.32 Å². The molecule has 0 spiro atoms. The van der Waals surface area contributed by atoms with Gasteiger partial charge >= 0.3 is 0 Å². The zero-order valence-electron chi connectivity index (χ0n) is 11.8. The second-order valence-electron chi connectivity index (χ2n) is 5.17. The molecule has 0 radical (unpaired) electrons. The first-order valence-electron chi connectivity index (χ1n) is 6.88. The van der Waals surface area contributed by atoms with Gasteiger partial charge in [-0.05, 0) is 42.2 Å². The van der Waals surface area contributed by atoms with Crippen LogP contribution in [0, 0.1) is 0 Å². The molecule has 2 N–H and O–H groups in total. The van der Waals surface area contributed by atoms with Crippen LogP contribution in [0.4, 0.5) is 5.69 Å². The Morgan fingerprint density at radius 2 is 2.29 bits per heavy atom. The Balaban J connectivity index is 1.66. The van der Waals surface area contributed by atoms with E-state index in [2.05, 4.69) is 15.1 Å². The summed E-state index contributed by atoms with van der Waals surface area (Å²) in [5, 5.41) is 7.28. The lowest BCUT2D eigenvalue weighted by Crippen LogP contribution is -2.26. The number of hydrogen-bond acceptors (Lipinski definition) is 4. The van der Waals surface area contributed by atoms with Gasteiger partial charge in [0.15, 0.2) is 0 Å². The monoisotopic (exact) mass is 306 g/mol. The highest BCUT2D eigenvalue weighted by molar-refractivity contribution is 7.89. The number of fused-ring (bicyclic) bond motifs is 1. The molecule has 112 valence electrons. The molecule has 0 bridgehead atoms. The average Bonchev–Trinajstić information content (AvgIpc) is 3.06. The zero-order valence-corrected chi connectivity index (χ0v) is 12.7. The fourth-order valence-corrected chi connectivity index (χ4v) is 3.54. The van der Waals surface area contributed by atoms with Crippen LogP contribution in [-0.2, 0) is 29.9 Å². The van der Waals surface area contributed by atoms with Crippen molar-refractivity contribution < 1.29 is 8.42 Å². The minimum Gasteiger partial charge on any atom is -0.384 e. The zero-order chi connectivity index (χ0) is 14.9. The van der Waals surface area contributed by atoms with E-state index in [9.17, 15) is 8.42 Å². The third-order valence-electron chi connectivity index (χ3n) is 3.56. The number of hydrogen-bond donors (Lipinski definition) is 2. The molecule has 0 unspecified atom stereocenters. The first-order chi connectivity index (χ1) is 10.0. The number of rotatable bonds is 5. The molecule has 21 heavy (non-hydrogen) atoms. The molecule has 0 fully saturated rings. The van der Waals surface area contributed by atoms with Gasteiger partial charge in [-0.15, -0.1) is 0 Å². The molecule has 1 aromatic heterocycles. The molecule has 3 rings (SSSR count). The number of sulfonamides is 1. The molecule has 1 aliphatic heterocycles. The summed E-state index contributed by atoms with van der Waals surface area (Å²) in [6.45, 7) is 1.23. The fraction of sp³-hybridized carbons (Fsp3) is 0.357. The van der Waals surface area contributed by atoms with Crippen molar-refractivity contribution in [3.63, 3.8) is 0 Å². The van der Waals surface area contributed by atoms with Crippen molar-refractivity contribution in [2.45, 2.75) is 17.7 Å². The number of aryl methyl sites for hydroxylation is 1. The standard InChI is InChI=1S/C14H18N4O2S/c1-18-10-11(9-16-18)4-7-17-21(19,20)13-2-3-14-12(8-13)5-6-15-14/h2-3,8-10,15,17H,4-7H2,1H3. The van der Waals surface area contributed by atoms with Crippen LogP contribution < -0.4 is 10.0 Å². The Kier molecular flexibility index (Phi) is 3.69. The summed E-state index contributed by atoms with van der Waals surface area (Å²) < 4.78 is 28.9. The third kappa shape index (κ3) is 3.08. The van der Waals surface area contributed by atoms with E-state index in [-0.39, 0.29) is 0 Å². The van der Waals surface area contributed by atoms with Crippen molar-refractivity contribution in [3.05, 3.63) is 41.7 Å². The Morgan fingerprint density at radius 3 is 3.05 bits per heavy atom. The van der Waals surface area contributed by atoms with Crippen LogP contribution in [0.25, 0.3) is 0 Å². The molecule has 2 heterocycles. The van der Waals surface area contributed by atoms with Gasteiger partial charge in [0.1, 0.15) is 0 Å². The molecule has 0 saturated heterocycles. The Bertz CT molecular complexity index is 752. The summed E-state index contributed by atoms with van der Waals surface area (Å²) >= 11 is 0. The SMILES string of the molecule is Cn1cc(CCNS(=O)(=O)c2ccc3c(c2)CCN3)cn1. The molecule has 0 amide bonds. The maximum absolute atomic E-state index is 12.3. The molecule has 7 heteroatoms. The maximum Gasteiger partial charge on any atom is 0.240 e. The summed E-state index contributed by atoms with van der Waals surface area (Å²) in [5.74, 6) is 0. The fourth-order valence-electron chi connectivity index (χ4n) is 2.46. The minimum atomic E-state index is -3.45. The lowest BCUT2D eigenvalue weighted by molar-refractivity contribution is 0.581. The second kappa shape index (κ2) is 5.50. The molecular weight excluding hydrogens is 288 g/mol. The van der Waals surface area contributed by atoms with Gasteiger partial charge in [-0.1, -0.05) is 0 Å². The van der Waals surface area contributed by atoms with Gasteiger partial charge in [0.2, 0.25) is 10.0 Å². The van der Waals surface area contributed by atoms with Crippen molar-refractivity contribution >= 4 is 15.7 Å². The molecule has 0 atom stereocenters. The van der Waals surface area contributed by atoms with E-state index in [1.54, 1.807) is 23.0 Å². The van der Waals surface area contributed by atoms with Gasteiger partial charge in [0, 0.05) is 32.0 Å². The molecule has 2 aromatic rings. The van der Waals surface area contributed by atoms with E-state index in [1.807, 2.05) is 19.3 Å². The second-order valence-corrected chi connectivity index (χ2v) is 6.93. The van der Waals surface area contributed by atoms with Gasteiger partial charge in [-0.25, -0.2) is 13.1 Å². The Labute approximate surface area is 124 Å². The van der Waals surface area contributed by atoms with Crippen LogP contribution in [0.3, 0.4) is 0 Å². The van der Waals surface area contributed by atoms with Gasteiger partial charge in [-0.2, -0.15) is 5.10 Å². The summed E-state index contributed by atoms with van der Waals surface area (Å²) in [6.07, 6.45) is 5.12. The van der Waals surface area contributed by atoms with Crippen molar-refractivity contribution in [2.75, 3.05) is 18.4 Å². The normalized spacial score (nSPS) is 14.0.